The summed E-state index contributed by atoms with van der Waals surface area (Å²) < 4.78 is 0. The van der Waals surface area contributed by atoms with Crippen LogP contribution in [0, 0.1) is 0 Å². The number of nitrogens with zero attached hydrogens (tertiary/aromatic N) is 3. The Morgan fingerprint density at radius 1 is 1.28 bits per heavy atom. The smallest absolute Gasteiger partial charge is 0.222 e. The molecule has 0 aromatic carbocycles. The van der Waals surface area contributed by atoms with E-state index in [-0.39, 0.29) is 0 Å². The molecule has 1 aromatic rings. The van der Waals surface area contributed by atoms with Gasteiger partial charge < -0.3 is 10.2 Å². The summed E-state index contributed by atoms with van der Waals surface area (Å²) in [5.74, 6) is 0.772. The predicted octanol–water partition coefficient (Wildman–Crippen LogP) is 2.32. The fourth-order valence-electron chi connectivity index (χ4n) is 2.74. The Morgan fingerprint density at radius 2 is 2.00 bits per heavy atom. The van der Waals surface area contributed by atoms with Crippen molar-refractivity contribution in [3.63, 3.8) is 0 Å². The number of aromatic nitrogens is 2. The van der Waals surface area contributed by atoms with E-state index in [0.29, 0.717) is 12.1 Å². The van der Waals surface area contributed by atoms with Gasteiger partial charge in [0.05, 0.1) is 0 Å². The van der Waals surface area contributed by atoms with Gasteiger partial charge in [0.25, 0.3) is 0 Å². The zero-order chi connectivity index (χ0) is 13.0. The lowest BCUT2D eigenvalue weighted by atomic mass is 10.1. The zero-order valence-corrected chi connectivity index (χ0v) is 11.7. The molecular formula is C14H24N4. The lowest BCUT2D eigenvalue weighted by molar-refractivity contribution is 0.284. The topological polar surface area (TPSA) is 41.1 Å². The first-order valence-electron chi connectivity index (χ1n) is 6.94. The number of rotatable bonds is 5. The lowest BCUT2D eigenvalue weighted by Gasteiger charge is -2.26. The van der Waals surface area contributed by atoms with Crippen LogP contribution in [0.25, 0.3) is 0 Å². The fourth-order valence-corrected chi connectivity index (χ4v) is 2.74. The first-order valence-corrected chi connectivity index (χ1v) is 6.94. The molecule has 0 amide bonds. The molecule has 1 N–H and O–H groups in total. The molecule has 1 heterocycles. The molecule has 1 aliphatic rings. The summed E-state index contributed by atoms with van der Waals surface area (Å²) in [4.78, 5) is 11.1. The Bertz CT molecular complexity index is 361. The van der Waals surface area contributed by atoms with E-state index in [1.165, 1.54) is 24.8 Å². The van der Waals surface area contributed by atoms with Crippen molar-refractivity contribution < 1.29 is 0 Å². The Balaban J connectivity index is 1.96. The van der Waals surface area contributed by atoms with E-state index in [2.05, 4.69) is 41.2 Å². The highest BCUT2D eigenvalue weighted by Gasteiger charge is 2.29. The van der Waals surface area contributed by atoms with Gasteiger partial charge in [-0.15, -0.1) is 0 Å². The molecule has 1 aromatic heterocycles. The molecule has 0 unspecified atom stereocenters. The molecular weight excluding hydrogens is 224 g/mol. The number of hydrogen-bond acceptors (Lipinski definition) is 4. The van der Waals surface area contributed by atoms with E-state index in [4.69, 9.17) is 0 Å². The molecule has 0 bridgehead atoms. The predicted molar refractivity (Wildman–Crippen MR) is 74.8 cm³/mol. The van der Waals surface area contributed by atoms with Gasteiger partial charge in [-0.3, -0.25) is 0 Å². The van der Waals surface area contributed by atoms with E-state index in [1.54, 1.807) is 0 Å². The van der Waals surface area contributed by atoms with Crippen LogP contribution in [0.3, 0.4) is 0 Å². The second-order valence-corrected chi connectivity index (χ2v) is 5.38. The molecule has 0 saturated heterocycles. The zero-order valence-electron chi connectivity index (χ0n) is 11.7. The summed E-state index contributed by atoms with van der Waals surface area (Å²) in [6, 6.07) is 1.08. The minimum Gasteiger partial charge on any atom is -0.350 e. The van der Waals surface area contributed by atoms with Gasteiger partial charge in [0.2, 0.25) is 5.95 Å². The summed E-state index contributed by atoms with van der Waals surface area (Å²) in [6.45, 7) is 2.17. The van der Waals surface area contributed by atoms with Crippen LogP contribution >= 0.6 is 0 Å². The van der Waals surface area contributed by atoms with E-state index in [9.17, 15) is 0 Å². The highest BCUT2D eigenvalue weighted by molar-refractivity contribution is 5.28. The van der Waals surface area contributed by atoms with E-state index < -0.39 is 0 Å². The molecule has 4 heteroatoms. The summed E-state index contributed by atoms with van der Waals surface area (Å²) in [7, 11) is 4.30. The van der Waals surface area contributed by atoms with Crippen molar-refractivity contribution in [1.82, 2.24) is 14.9 Å². The summed E-state index contributed by atoms with van der Waals surface area (Å²) in [5.41, 5.74) is 1.22. The minimum absolute atomic E-state index is 0.483. The lowest BCUT2D eigenvalue weighted by Crippen LogP contribution is -2.39. The van der Waals surface area contributed by atoms with Crippen molar-refractivity contribution in [2.45, 2.75) is 51.1 Å². The van der Waals surface area contributed by atoms with E-state index >= 15 is 0 Å². The minimum atomic E-state index is 0.483. The standard InChI is InChI=1S/C14H24N4/c1-4-6-11-9-15-14(16-10-11)17-12-7-5-8-13(12)18(2)3/h9-10,12-13H,4-8H2,1-3H3,(H,15,16,17)/t12-,13-/m1/s1. The van der Waals surface area contributed by atoms with Gasteiger partial charge >= 0.3 is 0 Å². The van der Waals surface area contributed by atoms with Crippen LogP contribution in [-0.2, 0) is 6.42 Å². The molecule has 0 radical (unpaired) electrons. The monoisotopic (exact) mass is 248 g/mol. The Hall–Kier alpha value is -1.16. The molecule has 0 aliphatic heterocycles. The van der Waals surface area contributed by atoms with Crippen molar-refractivity contribution in [3.8, 4) is 0 Å². The van der Waals surface area contributed by atoms with E-state index in [1.807, 2.05) is 12.4 Å². The highest BCUT2D eigenvalue weighted by atomic mass is 15.2. The van der Waals surface area contributed by atoms with Gasteiger partial charge in [-0.05, 0) is 45.3 Å². The first-order chi connectivity index (χ1) is 8.70. The Kier molecular flexibility index (Phi) is 4.53. The number of anilines is 1. The number of nitrogens with one attached hydrogen (secondary N) is 1. The SMILES string of the molecule is CCCc1cnc(N[C@@H]2CCC[C@H]2N(C)C)nc1. The summed E-state index contributed by atoms with van der Waals surface area (Å²) >= 11 is 0. The van der Waals surface area contributed by atoms with E-state index in [0.717, 1.165) is 18.8 Å². The highest BCUT2D eigenvalue weighted by Crippen LogP contribution is 2.24. The average Bonchev–Trinajstić information content (AvgIpc) is 2.80. The van der Waals surface area contributed by atoms with Crippen LogP contribution in [0.4, 0.5) is 5.95 Å². The molecule has 1 aliphatic carbocycles. The third kappa shape index (κ3) is 3.19. The van der Waals surface area contributed by atoms with Crippen molar-refractivity contribution in [2.75, 3.05) is 19.4 Å². The number of hydrogen-bond donors (Lipinski definition) is 1. The third-order valence-electron chi connectivity index (χ3n) is 3.70. The third-order valence-corrected chi connectivity index (χ3v) is 3.70. The fraction of sp³-hybridized carbons (Fsp3) is 0.714. The largest absolute Gasteiger partial charge is 0.350 e. The Morgan fingerprint density at radius 3 is 2.61 bits per heavy atom. The number of aryl methyl sites for hydroxylation is 1. The second-order valence-electron chi connectivity index (χ2n) is 5.38. The maximum absolute atomic E-state index is 4.41. The van der Waals surface area contributed by atoms with Crippen LogP contribution < -0.4 is 5.32 Å². The van der Waals surface area contributed by atoms with Gasteiger partial charge in [-0.1, -0.05) is 13.3 Å². The van der Waals surface area contributed by atoms with Gasteiger partial charge in [-0.2, -0.15) is 0 Å². The van der Waals surface area contributed by atoms with Crippen LogP contribution in [-0.4, -0.2) is 41.0 Å². The number of likely N-dealkylation sites (N-methyl/N-ethyl adjacent to an activating group) is 1. The van der Waals surface area contributed by atoms with Crippen LogP contribution in [0.5, 0.6) is 0 Å². The van der Waals surface area contributed by atoms with Crippen molar-refractivity contribution in [3.05, 3.63) is 18.0 Å². The first kappa shape index (κ1) is 13.3. The van der Waals surface area contributed by atoms with Gasteiger partial charge in [-0.25, -0.2) is 9.97 Å². The molecule has 1 saturated carbocycles. The van der Waals surface area contributed by atoms with Gasteiger partial charge in [0.1, 0.15) is 0 Å². The van der Waals surface area contributed by atoms with Crippen LogP contribution in [0.15, 0.2) is 12.4 Å². The quantitative estimate of drug-likeness (QED) is 0.868. The van der Waals surface area contributed by atoms with Crippen molar-refractivity contribution in [1.29, 1.82) is 0 Å². The molecule has 18 heavy (non-hydrogen) atoms. The van der Waals surface area contributed by atoms with Crippen molar-refractivity contribution >= 4 is 5.95 Å². The maximum atomic E-state index is 4.41. The summed E-state index contributed by atoms with van der Waals surface area (Å²) in [6.07, 6.45) is 9.85. The van der Waals surface area contributed by atoms with Crippen molar-refractivity contribution in [2.24, 2.45) is 0 Å². The normalized spacial score (nSPS) is 23.6. The molecule has 0 spiro atoms. The Labute approximate surface area is 110 Å². The molecule has 2 atom stereocenters. The average molecular weight is 248 g/mol. The molecule has 100 valence electrons. The van der Waals surface area contributed by atoms with Crippen LogP contribution in [0.1, 0.15) is 38.2 Å². The van der Waals surface area contributed by atoms with Gasteiger partial charge in [0.15, 0.2) is 0 Å². The molecule has 2 rings (SSSR count). The molecule has 1 fully saturated rings. The second kappa shape index (κ2) is 6.14. The molecule has 4 nitrogen and oxygen atoms in total. The van der Waals surface area contributed by atoms with Gasteiger partial charge in [0, 0.05) is 24.5 Å². The summed E-state index contributed by atoms with van der Waals surface area (Å²) in [5, 5.41) is 3.48. The maximum Gasteiger partial charge on any atom is 0.222 e. The van der Waals surface area contributed by atoms with Crippen LogP contribution in [0.2, 0.25) is 0 Å².